The van der Waals surface area contributed by atoms with E-state index in [1.807, 2.05) is 34.9 Å². The van der Waals surface area contributed by atoms with Crippen LogP contribution in [-0.2, 0) is 0 Å². The van der Waals surface area contributed by atoms with Crippen molar-refractivity contribution in [3.05, 3.63) is 48.5 Å². The molecule has 6 heteroatoms. The molecule has 4 nitrogen and oxygen atoms in total. The maximum Gasteiger partial charge on any atom is 0.214 e. The topological polar surface area (TPSA) is 39.4 Å². The molecular weight excluding hydrogens is 289 g/mol. The number of pyridine rings is 1. The van der Waals surface area contributed by atoms with Crippen molar-refractivity contribution in [1.29, 1.82) is 0 Å². The fourth-order valence-electron chi connectivity index (χ4n) is 2.26. The number of hydrogen-bond acceptors (Lipinski definition) is 4. The molecule has 0 unspecified atom stereocenters. The summed E-state index contributed by atoms with van der Waals surface area (Å²) in [5, 5.41) is 0. The van der Waals surface area contributed by atoms with Gasteiger partial charge >= 0.3 is 0 Å². The molecule has 3 aromatic heterocycles. The molecule has 0 fully saturated rings. The third-order valence-electron chi connectivity index (χ3n) is 3.31. The molecule has 0 aliphatic carbocycles. The van der Waals surface area contributed by atoms with Crippen LogP contribution in [0.2, 0.25) is 0 Å². The lowest BCUT2D eigenvalue weighted by Gasteiger charge is -2.00. The first-order chi connectivity index (χ1) is 10.2. The first-order valence-electron chi connectivity index (χ1n) is 6.33. The number of hydrogen-bond donors (Lipinski definition) is 0. The van der Waals surface area contributed by atoms with Crippen LogP contribution in [-0.4, -0.2) is 21.5 Å². The monoisotopic (exact) mass is 299 g/mol. The van der Waals surface area contributed by atoms with Crippen molar-refractivity contribution >= 4 is 26.6 Å². The van der Waals surface area contributed by atoms with Crippen molar-refractivity contribution < 1.29 is 9.13 Å². The molecule has 0 radical (unpaired) electrons. The molecule has 0 amide bonds. The van der Waals surface area contributed by atoms with Crippen LogP contribution in [0.1, 0.15) is 0 Å². The summed E-state index contributed by atoms with van der Waals surface area (Å²) < 4.78 is 20.2. The Balaban J connectivity index is 1.86. The lowest BCUT2D eigenvalue weighted by Crippen LogP contribution is -1.83. The number of nitrogens with zero attached hydrogens (tertiary/aromatic N) is 3. The second-order valence-corrected chi connectivity index (χ2v) is 5.52. The van der Waals surface area contributed by atoms with Gasteiger partial charge in [0.2, 0.25) is 5.95 Å². The highest BCUT2D eigenvalue weighted by atomic mass is 32.1. The van der Waals surface area contributed by atoms with Gasteiger partial charge in [-0.2, -0.15) is 4.39 Å². The van der Waals surface area contributed by atoms with E-state index in [0.717, 1.165) is 27.5 Å². The Morgan fingerprint density at radius 1 is 1.10 bits per heavy atom. The zero-order valence-corrected chi connectivity index (χ0v) is 11.9. The van der Waals surface area contributed by atoms with Crippen molar-refractivity contribution in [3.8, 4) is 17.0 Å². The van der Waals surface area contributed by atoms with E-state index in [2.05, 4.69) is 9.97 Å². The summed E-state index contributed by atoms with van der Waals surface area (Å²) in [7, 11) is 1.64. The van der Waals surface area contributed by atoms with E-state index in [0.29, 0.717) is 4.83 Å². The van der Waals surface area contributed by atoms with Gasteiger partial charge in [0.1, 0.15) is 10.6 Å². The first-order valence-corrected chi connectivity index (χ1v) is 7.15. The maximum absolute atomic E-state index is 13.1. The Labute approximate surface area is 123 Å². The summed E-state index contributed by atoms with van der Waals surface area (Å²) in [5.41, 5.74) is 2.74. The van der Waals surface area contributed by atoms with Crippen LogP contribution in [0, 0.1) is 5.95 Å². The predicted molar refractivity (Wildman–Crippen MR) is 80.3 cm³/mol. The molecule has 0 N–H and O–H groups in total. The van der Waals surface area contributed by atoms with Crippen molar-refractivity contribution in [2.75, 3.05) is 7.11 Å². The standard InChI is InChI=1S/C15H10FN3OS/c1-20-10-4-2-9(3-5-10)11-8-19-12-6-7-13(16)18-14(12)21-15(19)17-11/h2-8H,1H3. The Morgan fingerprint density at radius 3 is 2.67 bits per heavy atom. The lowest BCUT2D eigenvalue weighted by atomic mass is 10.2. The molecule has 4 rings (SSSR count). The highest BCUT2D eigenvalue weighted by Crippen LogP contribution is 2.29. The lowest BCUT2D eigenvalue weighted by molar-refractivity contribution is 0.415. The Hall–Kier alpha value is -2.47. The van der Waals surface area contributed by atoms with Gasteiger partial charge in [-0.3, -0.25) is 4.40 Å². The average Bonchev–Trinajstić information content (AvgIpc) is 3.04. The molecular formula is C15H10FN3OS. The van der Waals surface area contributed by atoms with E-state index in [4.69, 9.17) is 4.74 Å². The smallest absolute Gasteiger partial charge is 0.214 e. The molecule has 0 aliphatic rings. The highest BCUT2D eigenvalue weighted by molar-refractivity contribution is 7.23. The van der Waals surface area contributed by atoms with Crippen LogP contribution >= 0.6 is 11.3 Å². The van der Waals surface area contributed by atoms with Gasteiger partial charge in [-0.05, 0) is 36.4 Å². The molecule has 0 aliphatic heterocycles. The fraction of sp³-hybridized carbons (Fsp3) is 0.0667. The van der Waals surface area contributed by atoms with E-state index < -0.39 is 5.95 Å². The van der Waals surface area contributed by atoms with Gasteiger partial charge in [-0.1, -0.05) is 11.3 Å². The highest BCUT2D eigenvalue weighted by Gasteiger charge is 2.11. The van der Waals surface area contributed by atoms with Gasteiger partial charge in [0, 0.05) is 11.8 Å². The molecule has 0 atom stereocenters. The van der Waals surface area contributed by atoms with Gasteiger partial charge in [0.25, 0.3) is 0 Å². The number of methoxy groups -OCH3 is 1. The van der Waals surface area contributed by atoms with Crippen molar-refractivity contribution in [1.82, 2.24) is 14.4 Å². The van der Waals surface area contributed by atoms with Crippen molar-refractivity contribution in [2.45, 2.75) is 0 Å². The zero-order chi connectivity index (χ0) is 14.4. The number of aromatic nitrogens is 3. The number of benzene rings is 1. The average molecular weight is 299 g/mol. The Kier molecular flexibility index (Phi) is 2.65. The third-order valence-corrected chi connectivity index (χ3v) is 4.28. The molecule has 0 saturated heterocycles. The molecule has 1 aromatic carbocycles. The normalized spacial score (nSPS) is 11.3. The van der Waals surface area contributed by atoms with E-state index in [-0.39, 0.29) is 0 Å². The zero-order valence-electron chi connectivity index (χ0n) is 11.1. The van der Waals surface area contributed by atoms with Crippen LogP contribution in [0.5, 0.6) is 5.75 Å². The second-order valence-electron chi connectivity index (χ2n) is 4.57. The summed E-state index contributed by atoms with van der Waals surface area (Å²) in [4.78, 5) is 9.92. The van der Waals surface area contributed by atoms with Crippen molar-refractivity contribution in [2.24, 2.45) is 0 Å². The van der Waals surface area contributed by atoms with Gasteiger partial charge in [0.05, 0.1) is 18.3 Å². The fourth-order valence-corrected chi connectivity index (χ4v) is 3.23. The molecule has 104 valence electrons. The van der Waals surface area contributed by atoms with Crippen molar-refractivity contribution in [3.63, 3.8) is 0 Å². The van der Waals surface area contributed by atoms with Gasteiger partial charge in [-0.15, -0.1) is 0 Å². The SMILES string of the molecule is COc1ccc(-c2cn3c(n2)sc2nc(F)ccc23)cc1. The molecule has 0 bridgehead atoms. The van der Waals surface area contributed by atoms with Crippen LogP contribution in [0.15, 0.2) is 42.6 Å². The summed E-state index contributed by atoms with van der Waals surface area (Å²) in [6.45, 7) is 0. The largest absolute Gasteiger partial charge is 0.497 e. The molecule has 4 aromatic rings. The minimum absolute atomic E-state index is 0.470. The number of fused-ring (bicyclic) bond motifs is 3. The molecule has 0 saturated carbocycles. The van der Waals surface area contributed by atoms with E-state index in [1.54, 1.807) is 13.2 Å². The minimum Gasteiger partial charge on any atom is -0.497 e. The second kappa shape index (κ2) is 4.53. The van der Waals surface area contributed by atoms with Gasteiger partial charge in [0.15, 0.2) is 4.96 Å². The maximum atomic E-state index is 13.1. The summed E-state index contributed by atoms with van der Waals surface area (Å²) in [6, 6.07) is 10.8. The van der Waals surface area contributed by atoms with Crippen LogP contribution < -0.4 is 4.74 Å². The Bertz CT molecular complexity index is 943. The summed E-state index contributed by atoms with van der Waals surface area (Å²) in [5.74, 6) is 0.340. The predicted octanol–water partition coefficient (Wildman–Crippen LogP) is 3.76. The van der Waals surface area contributed by atoms with E-state index >= 15 is 0 Å². The molecule has 0 spiro atoms. The van der Waals surface area contributed by atoms with Crippen LogP contribution in [0.25, 0.3) is 26.6 Å². The quantitative estimate of drug-likeness (QED) is 0.529. The molecule has 21 heavy (non-hydrogen) atoms. The number of imidazole rings is 1. The van der Waals surface area contributed by atoms with Gasteiger partial charge < -0.3 is 4.74 Å². The van der Waals surface area contributed by atoms with Crippen LogP contribution in [0.4, 0.5) is 4.39 Å². The first kappa shape index (κ1) is 12.3. The summed E-state index contributed by atoms with van der Waals surface area (Å²) in [6.07, 6.45) is 1.94. The number of ether oxygens (including phenoxy) is 1. The number of thiazole rings is 1. The third kappa shape index (κ3) is 1.95. The molecule has 3 heterocycles. The summed E-state index contributed by atoms with van der Waals surface area (Å²) >= 11 is 1.38. The van der Waals surface area contributed by atoms with Crippen LogP contribution in [0.3, 0.4) is 0 Å². The number of halogens is 1. The number of rotatable bonds is 2. The Morgan fingerprint density at radius 2 is 1.90 bits per heavy atom. The van der Waals surface area contributed by atoms with E-state index in [9.17, 15) is 4.39 Å². The van der Waals surface area contributed by atoms with E-state index in [1.165, 1.54) is 17.4 Å². The van der Waals surface area contributed by atoms with Gasteiger partial charge in [-0.25, -0.2) is 9.97 Å². The minimum atomic E-state index is -0.470.